The van der Waals surface area contributed by atoms with Gasteiger partial charge < -0.3 is 19.9 Å². The van der Waals surface area contributed by atoms with Crippen LogP contribution in [0.25, 0.3) is 17.3 Å². The summed E-state index contributed by atoms with van der Waals surface area (Å²) in [6, 6.07) is 11.3. The van der Waals surface area contributed by atoms with E-state index in [9.17, 15) is 9.59 Å². The molecule has 0 spiro atoms. The van der Waals surface area contributed by atoms with Gasteiger partial charge in [-0.1, -0.05) is 12.5 Å². The van der Waals surface area contributed by atoms with Crippen LogP contribution in [0.4, 0.5) is 11.4 Å². The van der Waals surface area contributed by atoms with Crippen molar-refractivity contribution in [1.82, 2.24) is 14.3 Å². The van der Waals surface area contributed by atoms with Gasteiger partial charge in [-0.3, -0.25) is 9.59 Å². The maximum atomic E-state index is 12.6. The van der Waals surface area contributed by atoms with Crippen molar-refractivity contribution in [3.8, 4) is 0 Å². The van der Waals surface area contributed by atoms with E-state index >= 15 is 0 Å². The number of carbonyl (C=O) groups excluding carboxylic acids is 2. The molecule has 2 aromatic heterocycles. The van der Waals surface area contributed by atoms with Crippen LogP contribution in [-0.4, -0.2) is 45.7 Å². The van der Waals surface area contributed by atoms with E-state index in [4.69, 9.17) is 0 Å². The highest BCUT2D eigenvalue weighted by Crippen LogP contribution is 2.35. The molecule has 0 unspecified atom stereocenters. The molecule has 0 bridgehead atoms. The predicted octanol–water partition coefficient (Wildman–Crippen LogP) is 3.64. The Hall–Kier alpha value is -3.45. The van der Waals surface area contributed by atoms with Gasteiger partial charge in [0.05, 0.1) is 5.57 Å². The maximum absolute atomic E-state index is 12.6. The number of imidazole rings is 1. The number of nitrogens with one attached hydrogen (secondary N) is 2. The van der Waals surface area contributed by atoms with Gasteiger partial charge in [-0.2, -0.15) is 0 Å². The molecule has 2 amide bonds. The fourth-order valence-electron chi connectivity index (χ4n) is 4.31. The summed E-state index contributed by atoms with van der Waals surface area (Å²) in [5.74, 6) is -0.155. The highest BCUT2D eigenvalue weighted by Gasteiger charge is 2.25. The van der Waals surface area contributed by atoms with Crippen molar-refractivity contribution < 1.29 is 9.59 Å². The summed E-state index contributed by atoms with van der Waals surface area (Å²) >= 11 is 0. The number of pyridine rings is 1. The second kappa shape index (κ2) is 8.35. The van der Waals surface area contributed by atoms with Gasteiger partial charge in [0.2, 0.25) is 5.91 Å². The summed E-state index contributed by atoms with van der Waals surface area (Å²) in [6.07, 6.45) is 9.66. The Morgan fingerprint density at radius 1 is 1.16 bits per heavy atom. The van der Waals surface area contributed by atoms with Gasteiger partial charge in [0, 0.05) is 48.0 Å². The zero-order chi connectivity index (χ0) is 21.2. The van der Waals surface area contributed by atoms with Crippen LogP contribution in [0.5, 0.6) is 0 Å². The fourth-order valence-corrected chi connectivity index (χ4v) is 4.31. The van der Waals surface area contributed by atoms with Crippen molar-refractivity contribution in [3.63, 3.8) is 0 Å². The molecule has 0 saturated carbocycles. The van der Waals surface area contributed by atoms with Gasteiger partial charge >= 0.3 is 0 Å². The highest BCUT2D eigenvalue weighted by molar-refractivity contribution is 6.35. The summed E-state index contributed by atoms with van der Waals surface area (Å²) in [5.41, 5.74) is 4.49. The molecule has 4 heterocycles. The molecule has 1 fully saturated rings. The van der Waals surface area contributed by atoms with Gasteiger partial charge in [0.25, 0.3) is 5.91 Å². The number of rotatable bonds is 5. The van der Waals surface area contributed by atoms with Crippen molar-refractivity contribution in [3.05, 3.63) is 60.0 Å². The SMILES string of the molecule is O=C(CCN1CCCCC1)Nc1ccc2c(c1)C(=Cc1cccc3nccn13)C(=O)N2. The molecule has 1 aromatic carbocycles. The number of nitrogens with zero attached hydrogens (tertiary/aromatic N) is 3. The van der Waals surface area contributed by atoms with Crippen molar-refractivity contribution in [2.75, 3.05) is 30.3 Å². The number of fused-ring (bicyclic) bond motifs is 2. The first-order valence-corrected chi connectivity index (χ1v) is 10.8. The number of amides is 2. The first kappa shape index (κ1) is 19.5. The molecule has 1 saturated heterocycles. The molecule has 3 aromatic rings. The zero-order valence-electron chi connectivity index (χ0n) is 17.3. The Morgan fingerprint density at radius 2 is 2.03 bits per heavy atom. The Kier molecular flexibility index (Phi) is 5.26. The molecule has 0 aliphatic carbocycles. The van der Waals surface area contributed by atoms with Crippen LogP contribution >= 0.6 is 0 Å². The molecule has 2 aliphatic heterocycles. The van der Waals surface area contributed by atoms with Gasteiger partial charge in [-0.15, -0.1) is 0 Å². The van der Waals surface area contributed by atoms with Crippen LogP contribution in [-0.2, 0) is 9.59 Å². The van der Waals surface area contributed by atoms with E-state index in [1.807, 2.05) is 53.1 Å². The second-order valence-electron chi connectivity index (χ2n) is 8.08. The molecule has 0 atom stereocenters. The average molecular weight is 415 g/mol. The first-order chi connectivity index (χ1) is 15.2. The van der Waals surface area contributed by atoms with Crippen LogP contribution in [0.2, 0.25) is 0 Å². The van der Waals surface area contributed by atoms with Crippen molar-refractivity contribution in [1.29, 1.82) is 0 Å². The number of aromatic nitrogens is 2. The standard InChI is InChI=1S/C24H25N5O2/c30-23(9-13-28-11-2-1-3-12-28)26-17-7-8-21-19(15-17)20(24(31)27-21)16-18-5-4-6-22-25-10-14-29(18)22/h4-8,10,14-16H,1-3,9,11-13H2,(H,26,30)(H,27,31). The second-order valence-corrected chi connectivity index (χ2v) is 8.08. The Balaban J connectivity index is 1.35. The van der Waals surface area contributed by atoms with Crippen molar-refractivity contribution >= 4 is 40.5 Å². The molecule has 2 N–H and O–H groups in total. The lowest BCUT2D eigenvalue weighted by atomic mass is 10.0. The molecular formula is C24H25N5O2. The van der Waals surface area contributed by atoms with E-state index in [2.05, 4.69) is 20.5 Å². The summed E-state index contributed by atoms with van der Waals surface area (Å²) in [5, 5.41) is 5.90. The minimum absolute atomic E-state index is 0.00322. The van der Waals surface area contributed by atoms with Gasteiger partial charge in [0.1, 0.15) is 5.65 Å². The molecular weight excluding hydrogens is 390 g/mol. The molecule has 5 rings (SSSR count). The van der Waals surface area contributed by atoms with Gasteiger partial charge in [-0.25, -0.2) is 4.98 Å². The van der Waals surface area contributed by atoms with Crippen LogP contribution < -0.4 is 10.6 Å². The van der Waals surface area contributed by atoms with Crippen LogP contribution in [0, 0.1) is 0 Å². The highest BCUT2D eigenvalue weighted by atomic mass is 16.2. The third-order valence-corrected chi connectivity index (χ3v) is 5.94. The lowest BCUT2D eigenvalue weighted by Crippen LogP contribution is -2.32. The third kappa shape index (κ3) is 4.09. The molecule has 7 heteroatoms. The maximum Gasteiger partial charge on any atom is 0.256 e. The van der Waals surface area contributed by atoms with E-state index in [1.54, 1.807) is 6.20 Å². The summed E-state index contributed by atoms with van der Waals surface area (Å²) in [7, 11) is 0. The quantitative estimate of drug-likeness (QED) is 0.624. The zero-order valence-corrected chi connectivity index (χ0v) is 17.3. The number of hydrogen-bond donors (Lipinski definition) is 2. The Morgan fingerprint density at radius 3 is 2.90 bits per heavy atom. The van der Waals surface area contributed by atoms with Crippen LogP contribution in [0.3, 0.4) is 0 Å². The molecule has 31 heavy (non-hydrogen) atoms. The first-order valence-electron chi connectivity index (χ1n) is 10.8. The molecule has 7 nitrogen and oxygen atoms in total. The normalized spacial score (nSPS) is 17.7. The van der Waals surface area contributed by atoms with Crippen molar-refractivity contribution in [2.24, 2.45) is 0 Å². The number of likely N-dealkylation sites (tertiary alicyclic amines) is 1. The summed E-state index contributed by atoms with van der Waals surface area (Å²) in [4.78, 5) is 31.7. The molecule has 0 radical (unpaired) electrons. The van der Waals surface area contributed by atoms with E-state index < -0.39 is 0 Å². The van der Waals surface area contributed by atoms with E-state index in [0.717, 1.165) is 42.2 Å². The van der Waals surface area contributed by atoms with Gasteiger partial charge in [0.15, 0.2) is 0 Å². The van der Waals surface area contributed by atoms with Crippen LogP contribution in [0.15, 0.2) is 48.8 Å². The van der Waals surface area contributed by atoms with Gasteiger partial charge in [-0.05, 0) is 62.3 Å². The van der Waals surface area contributed by atoms with Crippen LogP contribution in [0.1, 0.15) is 36.9 Å². The fraction of sp³-hybridized carbons (Fsp3) is 0.292. The smallest absolute Gasteiger partial charge is 0.256 e. The van der Waals surface area contributed by atoms with E-state index in [1.165, 1.54) is 19.3 Å². The summed E-state index contributed by atoms with van der Waals surface area (Å²) in [6.45, 7) is 2.95. The monoisotopic (exact) mass is 415 g/mol. The number of piperidine rings is 1. The number of anilines is 2. The minimum Gasteiger partial charge on any atom is -0.326 e. The van der Waals surface area contributed by atoms with E-state index in [-0.39, 0.29) is 11.8 Å². The number of benzene rings is 1. The topological polar surface area (TPSA) is 78.7 Å². The third-order valence-electron chi connectivity index (χ3n) is 5.94. The minimum atomic E-state index is -0.152. The lowest BCUT2D eigenvalue weighted by molar-refractivity contribution is -0.116. The Bertz CT molecular complexity index is 1170. The molecule has 158 valence electrons. The predicted molar refractivity (Wildman–Crippen MR) is 122 cm³/mol. The Labute approximate surface area is 180 Å². The average Bonchev–Trinajstić information content (AvgIpc) is 3.38. The summed E-state index contributed by atoms with van der Waals surface area (Å²) < 4.78 is 1.94. The van der Waals surface area contributed by atoms with Crippen molar-refractivity contribution in [2.45, 2.75) is 25.7 Å². The van der Waals surface area contributed by atoms with E-state index in [0.29, 0.717) is 17.7 Å². The lowest BCUT2D eigenvalue weighted by Gasteiger charge is -2.25. The number of carbonyl (C=O) groups is 2. The largest absolute Gasteiger partial charge is 0.326 e. The molecule has 2 aliphatic rings. The number of hydrogen-bond acceptors (Lipinski definition) is 4.